The van der Waals surface area contributed by atoms with E-state index >= 15 is 0 Å². The molecule has 0 atom stereocenters. The van der Waals surface area contributed by atoms with Crippen molar-refractivity contribution in [3.63, 3.8) is 0 Å². The number of aromatic nitrogens is 1. The van der Waals surface area contributed by atoms with Crippen LogP contribution < -0.4 is 10.5 Å². The first-order valence-corrected chi connectivity index (χ1v) is 4.00. The molecule has 1 aromatic heterocycles. The predicted octanol–water partition coefficient (Wildman–Crippen LogP) is 0.871. The van der Waals surface area contributed by atoms with E-state index < -0.39 is 0 Å². The Morgan fingerprint density at radius 3 is 3.20 bits per heavy atom. The molecule has 0 fully saturated rings. The van der Waals surface area contributed by atoms with E-state index in [2.05, 4.69) is 4.37 Å². The van der Waals surface area contributed by atoms with Gasteiger partial charge in [-0.1, -0.05) is 0 Å². The van der Waals surface area contributed by atoms with Crippen molar-refractivity contribution >= 4 is 11.5 Å². The summed E-state index contributed by atoms with van der Waals surface area (Å²) in [6.45, 7) is 1.34. The van der Waals surface area contributed by atoms with Crippen LogP contribution in [0.25, 0.3) is 0 Å². The Kier molecular flexibility index (Phi) is 3.18. The number of nitrogens with zero attached hydrogens (tertiary/aromatic N) is 1. The number of nitrogens with two attached hydrogens (primary N) is 1. The summed E-state index contributed by atoms with van der Waals surface area (Å²) < 4.78 is 9.17. The van der Waals surface area contributed by atoms with Crippen molar-refractivity contribution in [3.05, 3.63) is 11.4 Å². The highest BCUT2D eigenvalue weighted by atomic mass is 32.1. The molecular weight excluding hydrogens is 148 g/mol. The molecule has 0 saturated carbocycles. The molecule has 0 amide bonds. The van der Waals surface area contributed by atoms with Crippen LogP contribution in [0.3, 0.4) is 0 Å². The van der Waals surface area contributed by atoms with Gasteiger partial charge in [0, 0.05) is 11.4 Å². The predicted molar refractivity (Wildman–Crippen MR) is 41.3 cm³/mol. The topological polar surface area (TPSA) is 48.1 Å². The summed E-state index contributed by atoms with van der Waals surface area (Å²) in [5.74, 6) is 0.707. The molecule has 10 heavy (non-hydrogen) atoms. The van der Waals surface area contributed by atoms with Gasteiger partial charge >= 0.3 is 0 Å². The van der Waals surface area contributed by atoms with Crippen LogP contribution in [0.15, 0.2) is 11.4 Å². The van der Waals surface area contributed by atoms with Crippen LogP contribution in [-0.2, 0) is 0 Å². The molecule has 1 aromatic rings. The van der Waals surface area contributed by atoms with Crippen LogP contribution >= 0.6 is 11.5 Å². The molecule has 0 unspecified atom stereocenters. The van der Waals surface area contributed by atoms with Crippen LogP contribution in [0, 0.1) is 0 Å². The molecule has 56 valence electrons. The molecule has 3 nitrogen and oxygen atoms in total. The Bertz CT molecular complexity index is 164. The maximum Gasteiger partial charge on any atom is 0.225 e. The summed E-state index contributed by atoms with van der Waals surface area (Å²) >= 11 is 1.39. The molecule has 0 spiro atoms. The molecule has 0 radical (unpaired) electrons. The number of hydrogen-bond donors (Lipinski definition) is 1. The van der Waals surface area contributed by atoms with Crippen molar-refractivity contribution in [2.24, 2.45) is 5.73 Å². The highest BCUT2D eigenvalue weighted by Crippen LogP contribution is 2.08. The first-order valence-electron chi connectivity index (χ1n) is 3.16. The standard InChI is InChI=1S/C6H10N2OS/c7-3-1-4-9-6-2-5-10-8-6/h2,5H,1,3-4,7H2. The average Bonchev–Trinajstić information content (AvgIpc) is 2.41. The van der Waals surface area contributed by atoms with Gasteiger partial charge < -0.3 is 10.5 Å². The maximum atomic E-state index is 5.27. The van der Waals surface area contributed by atoms with Crippen molar-refractivity contribution in [3.8, 4) is 5.88 Å². The van der Waals surface area contributed by atoms with E-state index in [1.54, 1.807) is 0 Å². The van der Waals surface area contributed by atoms with Crippen molar-refractivity contribution in [2.75, 3.05) is 13.2 Å². The molecule has 1 heterocycles. The van der Waals surface area contributed by atoms with Crippen LogP contribution in [0.1, 0.15) is 6.42 Å². The molecule has 2 N–H and O–H groups in total. The molecular formula is C6H10N2OS. The second-order valence-corrected chi connectivity index (χ2v) is 2.49. The molecule has 0 saturated heterocycles. The first kappa shape index (κ1) is 7.50. The van der Waals surface area contributed by atoms with Gasteiger partial charge in [0.05, 0.1) is 6.61 Å². The van der Waals surface area contributed by atoms with Gasteiger partial charge in [-0.3, -0.25) is 0 Å². The summed E-state index contributed by atoms with van der Waals surface area (Å²) in [6.07, 6.45) is 0.886. The van der Waals surface area contributed by atoms with Crippen LogP contribution in [-0.4, -0.2) is 17.5 Å². The van der Waals surface area contributed by atoms with Gasteiger partial charge in [0.15, 0.2) is 0 Å². The van der Waals surface area contributed by atoms with Crippen LogP contribution in [0.2, 0.25) is 0 Å². The van der Waals surface area contributed by atoms with Crippen molar-refractivity contribution in [1.29, 1.82) is 0 Å². The summed E-state index contributed by atoms with van der Waals surface area (Å²) in [4.78, 5) is 0. The van der Waals surface area contributed by atoms with Gasteiger partial charge in [0.25, 0.3) is 0 Å². The first-order chi connectivity index (χ1) is 4.93. The monoisotopic (exact) mass is 158 g/mol. The third kappa shape index (κ3) is 2.33. The minimum absolute atomic E-state index is 0.667. The number of rotatable bonds is 4. The van der Waals surface area contributed by atoms with Crippen LogP contribution in [0.4, 0.5) is 0 Å². The number of hydrogen-bond acceptors (Lipinski definition) is 4. The fraction of sp³-hybridized carbons (Fsp3) is 0.500. The number of ether oxygens (including phenoxy) is 1. The van der Waals surface area contributed by atoms with E-state index in [1.807, 2.05) is 11.4 Å². The van der Waals surface area contributed by atoms with Gasteiger partial charge in [-0.15, -0.1) is 0 Å². The lowest BCUT2D eigenvalue weighted by atomic mass is 10.5. The molecule has 0 aromatic carbocycles. The smallest absolute Gasteiger partial charge is 0.225 e. The summed E-state index contributed by atoms with van der Waals surface area (Å²) in [7, 11) is 0. The van der Waals surface area contributed by atoms with Crippen molar-refractivity contribution in [1.82, 2.24) is 4.37 Å². The lowest BCUT2D eigenvalue weighted by molar-refractivity contribution is 0.304. The fourth-order valence-electron chi connectivity index (χ4n) is 0.536. The molecule has 0 aliphatic heterocycles. The zero-order chi connectivity index (χ0) is 7.23. The molecule has 1 rings (SSSR count). The Balaban J connectivity index is 2.15. The third-order valence-electron chi connectivity index (χ3n) is 1.01. The second kappa shape index (κ2) is 4.24. The fourth-order valence-corrected chi connectivity index (χ4v) is 0.992. The molecule has 0 aliphatic rings. The molecule has 0 aliphatic carbocycles. The highest BCUT2D eigenvalue weighted by molar-refractivity contribution is 7.03. The lowest BCUT2D eigenvalue weighted by Gasteiger charge is -1.98. The van der Waals surface area contributed by atoms with E-state index in [4.69, 9.17) is 10.5 Å². The zero-order valence-electron chi connectivity index (χ0n) is 5.62. The minimum Gasteiger partial charge on any atom is -0.477 e. The van der Waals surface area contributed by atoms with E-state index in [9.17, 15) is 0 Å². The minimum atomic E-state index is 0.667. The van der Waals surface area contributed by atoms with Crippen molar-refractivity contribution in [2.45, 2.75) is 6.42 Å². The van der Waals surface area contributed by atoms with E-state index in [0.29, 0.717) is 19.0 Å². The second-order valence-electron chi connectivity index (χ2n) is 1.83. The quantitative estimate of drug-likeness (QED) is 0.661. The van der Waals surface area contributed by atoms with Gasteiger partial charge in [-0.25, -0.2) is 0 Å². The van der Waals surface area contributed by atoms with Crippen molar-refractivity contribution < 1.29 is 4.74 Å². The lowest BCUT2D eigenvalue weighted by Crippen LogP contribution is -2.05. The molecule has 0 bridgehead atoms. The van der Waals surface area contributed by atoms with Gasteiger partial charge in [-0.05, 0) is 24.5 Å². The van der Waals surface area contributed by atoms with Gasteiger partial charge in [0.1, 0.15) is 0 Å². The SMILES string of the molecule is NCCCOc1ccsn1. The van der Waals surface area contributed by atoms with Gasteiger partial charge in [0.2, 0.25) is 5.88 Å². The third-order valence-corrected chi connectivity index (χ3v) is 1.56. The van der Waals surface area contributed by atoms with Crippen LogP contribution in [0.5, 0.6) is 5.88 Å². The Labute approximate surface area is 64.0 Å². The van der Waals surface area contributed by atoms with E-state index in [1.165, 1.54) is 11.5 Å². The summed E-state index contributed by atoms with van der Waals surface area (Å²) in [5.41, 5.74) is 5.27. The largest absolute Gasteiger partial charge is 0.477 e. The Morgan fingerprint density at radius 1 is 1.70 bits per heavy atom. The van der Waals surface area contributed by atoms with Gasteiger partial charge in [-0.2, -0.15) is 4.37 Å². The highest BCUT2D eigenvalue weighted by Gasteiger charge is 1.92. The average molecular weight is 158 g/mol. The maximum absolute atomic E-state index is 5.27. The zero-order valence-corrected chi connectivity index (χ0v) is 6.43. The summed E-state index contributed by atoms with van der Waals surface area (Å²) in [5, 5.41) is 1.89. The van der Waals surface area contributed by atoms with E-state index in [-0.39, 0.29) is 0 Å². The van der Waals surface area contributed by atoms with E-state index in [0.717, 1.165) is 6.42 Å². The normalized spacial score (nSPS) is 9.70. The molecule has 4 heteroatoms. The Hall–Kier alpha value is -0.610. The Morgan fingerprint density at radius 2 is 2.60 bits per heavy atom. The summed E-state index contributed by atoms with van der Waals surface area (Å²) in [6, 6.07) is 1.85.